The van der Waals surface area contributed by atoms with Crippen molar-refractivity contribution in [3.8, 4) is 0 Å². The second-order valence-corrected chi connectivity index (χ2v) is 31.6. The van der Waals surface area contributed by atoms with E-state index in [0.29, 0.717) is 25.7 Å². The molecule has 0 aliphatic heterocycles. The summed E-state index contributed by atoms with van der Waals surface area (Å²) in [6, 6.07) is 0. The number of unbranched alkanes of at least 4 members (excludes halogenated alkanes) is 50. The van der Waals surface area contributed by atoms with Crippen LogP contribution in [-0.4, -0.2) is 96.7 Å². The minimum absolute atomic E-state index is 0.108. The number of phosphoric ester groups is 2. The molecule has 0 aromatic heterocycles. The third kappa shape index (κ3) is 71.1. The van der Waals surface area contributed by atoms with Gasteiger partial charge in [-0.3, -0.25) is 37.3 Å². The molecular formula is C79H154O17P2. The molecule has 0 amide bonds. The third-order valence-corrected chi connectivity index (χ3v) is 20.8. The van der Waals surface area contributed by atoms with E-state index in [1.165, 1.54) is 244 Å². The molecule has 0 saturated carbocycles. The number of carbonyl (C=O) groups is 4. The van der Waals surface area contributed by atoms with E-state index in [2.05, 4.69) is 34.6 Å². The van der Waals surface area contributed by atoms with Crippen molar-refractivity contribution in [3.63, 3.8) is 0 Å². The van der Waals surface area contributed by atoms with Gasteiger partial charge in [0.2, 0.25) is 0 Å². The summed E-state index contributed by atoms with van der Waals surface area (Å²) in [5.41, 5.74) is 0. The number of hydrogen-bond acceptors (Lipinski definition) is 15. The van der Waals surface area contributed by atoms with E-state index in [1.807, 2.05) is 0 Å². The molecule has 0 spiro atoms. The fraction of sp³-hybridized carbons (Fsp3) is 0.949. The smallest absolute Gasteiger partial charge is 0.462 e. The Morgan fingerprint density at radius 3 is 0.724 bits per heavy atom. The summed E-state index contributed by atoms with van der Waals surface area (Å²) in [7, 11) is -9.91. The van der Waals surface area contributed by atoms with Gasteiger partial charge < -0.3 is 33.8 Å². The van der Waals surface area contributed by atoms with Gasteiger partial charge in [0.05, 0.1) is 26.4 Å². The van der Waals surface area contributed by atoms with Gasteiger partial charge in [-0.1, -0.05) is 369 Å². The quantitative estimate of drug-likeness (QED) is 0.0222. The Labute approximate surface area is 600 Å². The predicted molar refractivity (Wildman–Crippen MR) is 400 cm³/mol. The van der Waals surface area contributed by atoms with E-state index in [9.17, 15) is 43.2 Å². The predicted octanol–water partition coefficient (Wildman–Crippen LogP) is 23.6. The summed E-state index contributed by atoms with van der Waals surface area (Å²) in [5.74, 6) is -1.26. The lowest BCUT2D eigenvalue weighted by Gasteiger charge is -2.21. The molecule has 17 nitrogen and oxygen atoms in total. The molecule has 0 saturated heterocycles. The average molecular weight is 1440 g/mol. The highest BCUT2D eigenvalue weighted by molar-refractivity contribution is 7.47. The van der Waals surface area contributed by atoms with Crippen LogP contribution in [0.5, 0.6) is 0 Å². The Balaban J connectivity index is 5.22. The molecule has 6 atom stereocenters. The van der Waals surface area contributed by atoms with Gasteiger partial charge >= 0.3 is 39.5 Å². The zero-order valence-corrected chi connectivity index (χ0v) is 65.7. The Bertz CT molecular complexity index is 1880. The zero-order valence-electron chi connectivity index (χ0n) is 63.9. The van der Waals surface area contributed by atoms with Crippen molar-refractivity contribution in [3.05, 3.63) is 0 Å². The number of aliphatic hydroxyl groups is 1. The number of hydrogen-bond donors (Lipinski definition) is 3. The molecule has 0 aliphatic rings. The van der Waals surface area contributed by atoms with Gasteiger partial charge in [-0.2, -0.15) is 0 Å². The van der Waals surface area contributed by atoms with Gasteiger partial charge in [0.25, 0.3) is 0 Å². The summed E-state index contributed by atoms with van der Waals surface area (Å²) in [6.07, 6.45) is 62.3. The highest BCUT2D eigenvalue weighted by Gasteiger charge is 2.30. The van der Waals surface area contributed by atoms with Crippen LogP contribution >= 0.6 is 15.6 Å². The summed E-state index contributed by atoms with van der Waals surface area (Å²) in [5, 5.41) is 10.6. The van der Waals surface area contributed by atoms with Gasteiger partial charge in [-0.25, -0.2) is 9.13 Å². The lowest BCUT2D eigenvalue weighted by atomic mass is 9.99. The van der Waals surface area contributed by atoms with Crippen molar-refractivity contribution in [2.75, 3.05) is 39.6 Å². The highest BCUT2D eigenvalue weighted by Crippen LogP contribution is 2.45. The van der Waals surface area contributed by atoms with E-state index >= 15 is 0 Å². The summed E-state index contributed by atoms with van der Waals surface area (Å²) in [6.45, 7) is 7.36. The van der Waals surface area contributed by atoms with E-state index < -0.39 is 97.5 Å². The topological polar surface area (TPSA) is 237 Å². The van der Waals surface area contributed by atoms with Crippen LogP contribution in [0.15, 0.2) is 0 Å². The summed E-state index contributed by atoms with van der Waals surface area (Å²) >= 11 is 0. The lowest BCUT2D eigenvalue weighted by Crippen LogP contribution is -2.30. The molecule has 0 bridgehead atoms. The maximum Gasteiger partial charge on any atom is 0.472 e. The second kappa shape index (κ2) is 72.0. The fourth-order valence-corrected chi connectivity index (χ4v) is 13.8. The van der Waals surface area contributed by atoms with E-state index in [-0.39, 0.29) is 25.7 Å². The van der Waals surface area contributed by atoms with E-state index in [0.717, 1.165) is 95.8 Å². The van der Waals surface area contributed by atoms with Crippen molar-refractivity contribution < 1.29 is 80.2 Å². The SMILES string of the molecule is CCCCCCCCCCCCCCCCCCCCC(=O)OC[C@H](COP(=O)(O)OC[C@@H](O)COP(=O)(O)OC[C@@H](COC(=O)CCCCCCCCCCC)OC(=O)CCCCCCCCCCCCCCC)OC(=O)CCCCCCCCCCCCCCCCC(C)CC. The number of phosphoric acid groups is 2. The maximum absolute atomic E-state index is 13.1. The van der Waals surface area contributed by atoms with Crippen LogP contribution in [0.4, 0.5) is 0 Å². The molecule has 0 rings (SSSR count). The second-order valence-electron chi connectivity index (χ2n) is 28.7. The number of rotatable bonds is 79. The number of ether oxygens (including phenoxy) is 4. The van der Waals surface area contributed by atoms with Crippen molar-refractivity contribution in [2.45, 2.75) is 438 Å². The highest BCUT2D eigenvalue weighted by atomic mass is 31.2. The molecule has 0 aromatic rings. The first-order valence-corrected chi connectivity index (χ1v) is 44.2. The number of esters is 4. The van der Waals surface area contributed by atoms with E-state index in [4.69, 9.17) is 37.0 Å². The van der Waals surface area contributed by atoms with Crippen molar-refractivity contribution in [1.82, 2.24) is 0 Å². The minimum Gasteiger partial charge on any atom is -0.462 e. The van der Waals surface area contributed by atoms with E-state index in [1.54, 1.807) is 0 Å². The molecular weight excluding hydrogens is 1280 g/mol. The Morgan fingerprint density at radius 2 is 0.490 bits per heavy atom. The molecule has 98 heavy (non-hydrogen) atoms. The molecule has 0 aliphatic carbocycles. The zero-order chi connectivity index (χ0) is 71.9. The molecule has 0 aromatic carbocycles. The first kappa shape index (κ1) is 96.1. The molecule has 19 heteroatoms. The van der Waals surface area contributed by atoms with Gasteiger partial charge in [0.1, 0.15) is 19.3 Å². The molecule has 3 N–H and O–H groups in total. The standard InChI is InChI=1S/C79H154O17P2/c1-6-10-13-16-19-22-24-26-27-28-29-30-35-38-43-48-53-58-63-77(82)90-69-75(96-79(84)65-60-55-50-45-40-36-32-31-34-37-42-46-51-56-61-72(5)9-4)71-94-98(87,88)92-67-73(80)66-91-97(85,86)93-70-74(68-89-76(81)62-57-52-47-41-21-18-15-12-8-3)95-78(83)64-59-54-49-44-39-33-25-23-20-17-14-11-7-2/h72-75,80H,6-71H2,1-5H3,(H,85,86)(H,87,88)/t72?,73-,74+,75+/m0/s1. The molecule has 0 radical (unpaired) electrons. The molecule has 582 valence electrons. The maximum atomic E-state index is 13.1. The first-order valence-electron chi connectivity index (χ1n) is 41.2. The molecule has 0 fully saturated rings. The normalized spacial score (nSPS) is 14.2. The largest absolute Gasteiger partial charge is 0.472 e. The Morgan fingerprint density at radius 1 is 0.286 bits per heavy atom. The van der Waals surface area contributed by atoms with Crippen LogP contribution in [0.3, 0.4) is 0 Å². The molecule has 0 heterocycles. The first-order chi connectivity index (χ1) is 47.6. The summed E-state index contributed by atoms with van der Waals surface area (Å²) in [4.78, 5) is 72.9. The van der Waals surface area contributed by atoms with Crippen LogP contribution in [0, 0.1) is 5.92 Å². The third-order valence-electron chi connectivity index (χ3n) is 18.9. The van der Waals surface area contributed by atoms with Crippen LogP contribution in [0.25, 0.3) is 0 Å². The van der Waals surface area contributed by atoms with Gasteiger partial charge in [0.15, 0.2) is 12.2 Å². The van der Waals surface area contributed by atoms with Crippen molar-refractivity contribution in [1.29, 1.82) is 0 Å². The van der Waals surface area contributed by atoms with Gasteiger partial charge in [-0.15, -0.1) is 0 Å². The van der Waals surface area contributed by atoms with Crippen LogP contribution in [0.1, 0.15) is 420 Å². The molecule has 3 unspecified atom stereocenters. The van der Waals surface area contributed by atoms with Crippen molar-refractivity contribution in [2.24, 2.45) is 5.92 Å². The van der Waals surface area contributed by atoms with Crippen molar-refractivity contribution >= 4 is 39.5 Å². The summed E-state index contributed by atoms with van der Waals surface area (Å²) < 4.78 is 68.6. The average Bonchev–Trinajstić information content (AvgIpc) is 1.01. The van der Waals surface area contributed by atoms with Crippen LogP contribution < -0.4 is 0 Å². The number of carbonyl (C=O) groups excluding carboxylic acids is 4. The Hall–Kier alpha value is -1.94. The van der Waals surface area contributed by atoms with Gasteiger partial charge in [0, 0.05) is 25.7 Å². The minimum atomic E-state index is -4.96. The van der Waals surface area contributed by atoms with Gasteiger partial charge in [-0.05, 0) is 31.6 Å². The van der Waals surface area contributed by atoms with Crippen LogP contribution in [-0.2, 0) is 65.4 Å². The number of aliphatic hydroxyl groups excluding tert-OH is 1. The lowest BCUT2D eigenvalue weighted by molar-refractivity contribution is -0.161. The van der Waals surface area contributed by atoms with Crippen LogP contribution in [0.2, 0.25) is 0 Å². The monoisotopic (exact) mass is 1440 g/mol. The fourth-order valence-electron chi connectivity index (χ4n) is 12.2. The Kier molecular flexibility index (Phi) is 70.6.